The van der Waals surface area contributed by atoms with Gasteiger partial charge >= 0.3 is 6.18 Å². The van der Waals surface area contributed by atoms with Crippen LogP contribution in [0.1, 0.15) is 32.6 Å². The van der Waals surface area contributed by atoms with Crippen LogP contribution in [0.25, 0.3) is 0 Å². The van der Waals surface area contributed by atoms with Crippen molar-refractivity contribution in [3.05, 3.63) is 0 Å². The maximum atomic E-state index is 12.3. The van der Waals surface area contributed by atoms with E-state index in [9.17, 15) is 13.2 Å². The molecule has 0 aliphatic heterocycles. The van der Waals surface area contributed by atoms with Crippen molar-refractivity contribution in [2.45, 2.75) is 50.9 Å². The van der Waals surface area contributed by atoms with Crippen LogP contribution in [-0.2, 0) is 0 Å². The van der Waals surface area contributed by atoms with Crippen molar-refractivity contribution >= 4 is 0 Å². The Bertz CT molecular complexity index is 190. The SMILES string of the molecule is CCCC(CN)N(CC(F)(F)F)C1CC1. The van der Waals surface area contributed by atoms with Crippen molar-refractivity contribution in [1.82, 2.24) is 4.90 Å². The molecular formula is C10H19F3N2. The fraction of sp³-hybridized carbons (Fsp3) is 1.00. The molecule has 0 amide bonds. The fourth-order valence-electron chi connectivity index (χ4n) is 1.92. The minimum atomic E-state index is -4.11. The molecular weight excluding hydrogens is 205 g/mol. The van der Waals surface area contributed by atoms with Crippen molar-refractivity contribution in [3.8, 4) is 0 Å². The second-order valence-corrected chi connectivity index (χ2v) is 4.20. The van der Waals surface area contributed by atoms with Gasteiger partial charge in [-0.2, -0.15) is 13.2 Å². The standard InChI is InChI=1S/C10H19F3N2/c1-2-3-9(6-14)15(8-4-5-8)7-10(11,12)13/h8-9H,2-7,14H2,1H3. The van der Waals surface area contributed by atoms with Crippen LogP contribution in [-0.4, -0.2) is 36.2 Å². The quantitative estimate of drug-likeness (QED) is 0.749. The molecule has 1 unspecified atom stereocenters. The molecule has 0 aromatic carbocycles. The molecule has 0 saturated heterocycles. The largest absolute Gasteiger partial charge is 0.401 e. The van der Waals surface area contributed by atoms with E-state index in [1.54, 1.807) is 4.90 Å². The highest BCUT2D eigenvalue weighted by Crippen LogP contribution is 2.32. The summed E-state index contributed by atoms with van der Waals surface area (Å²) in [5.74, 6) is 0. The highest BCUT2D eigenvalue weighted by Gasteiger charge is 2.40. The zero-order chi connectivity index (χ0) is 11.5. The normalized spacial score (nSPS) is 19.6. The van der Waals surface area contributed by atoms with Gasteiger partial charge in [0.2, 0.25) is 0 Å². The minimum absolute atomic E-state index is 0.107. The van der Waals surface area contributed by atoms with Gasteiger partial charge in [-0.05, 0) is 19.3 Å². The fourth-order valence-corrected chi connectivity index (χ4v) is 1.92. The monoisotopic (exact) mass is 224 g/mol. The van der Waals surface area contributed by atoms with E-state index in [-0.39, 0.29) is 12.1 Å². The number of alkyl halides is 3. The first-order valence-electron chi connectivity index (χ1n) is 5.50. The van der Waals surface area contributed by atoms with Gasteiger partial charge in [-0.25, -0.2) is 0 Å². The van der Waals surface area contributed by atoms with E-state index in [0.29, 0.717) is 6.54 Å². The molecule has 1 rings (SSSR count). The van der Waals surface area contributed by atoms with Gasteiger partial charge in [0.1, 0.15) is 0 Å². The molecule has 0 spiro atoms. The zero-order valence-electron chi connectivity index (χ0n) is 9.06. The average Bonchev–Trinajstić information content (AvgIpc) is 2.92. The second kappa shape index (κ2) is 5.16. The van der Waals surface area contributed by atoms with Crippen molar-refractivity contribution in [2.75, 3.05) is 13.1 Å². The summed E-state index contributed by atoms with van der Waals surface area (Å²) in [7, 11) is 0. The van der Waals surface area contributed by atoms with Gasteiger partial charge in [-0.15, -0.1) is 0 Å². The lowest BCUT2D eigenvalue weighted by Crippen LogP contribution is -2.46. The Hall–Kier alpha value is -0.290. The van der Waals surface area contributed by atoms with E-state index in [1.165, 1.54) is 0 Å². The first-order chi connectivity index (χ1) is 6.98. The Labute approximate surface area is 88.6 Å². The number of nitrogens with two attached hydrogens (primary N) is 1. The Morgan fingerprint density at radius 2 is 2.00 bits per heavy atom. The van der Waals surface area contributed by atoms with Crippen LogP contribution < -0.4 is 5.73 Å². The molecule has 1 aliphatic carbocycles. The predicted octanol–water partition coefficient (Wildman–Crippen LogP) is 2.14. The molecule has 0 bridgehead atoms. The predicted molar refractivity (Wildman–Crippen MR) is 53.5 cm³/mol. The van der Waals surface area contributed by atoms with E-state index in [1.807, 2.05) is 6.92 Å². The maximum absolute atomic E-state index is 12.3. The Balaban J connectivity index is 2.54. The van der Waals surface area contributed by atoms with Crippen LogP contribution in [0.5, 0.6) is 0 Å². The number of hydrogen-bond donors (Lipinski definition) is 1. The summed E-state index contributed by atoms with van der Waals surface area (Å²) < 4.78 is 37.0. The summed E-state index contributed by atoms with van der Waals surface area (Å²) in [6.45, 7) is 1.49. The highest BCUT2D eigenvalue weighted by atomic mass is 19.4. The molecule has 1 fully saturated rings. The summed E-state index contributed by atoms with van der Waals surface area (Å²) in [6.07, 6.45) is -0.706. The van der Waals surface area contributed by atoms with E-state index in [0.717, 1.165) is 25.7 Å². The number of hydrogen-bond acceptors (Lipinski definition) is 2. The van der Waals surface area contributed by atoms with Gasteiger partial charge in [0, 0.05) is 18.6 Å². The Kier molecular flexibility index (Phi) is 4.40. The Morgan fingerprint density at radius 3 is 2.33 bits per heavy atom. The van der Waals surface area contributed by atoms with Crippen molar-refractivity contribution in [2.24, 2.45) is 5.73 Å². The van der Waals surface area contributed by atoms with Crippen LogP contribution in [0.15, 0.2) is 0 Å². The van der Waals surface area contributed by atoms with E-state index < -0.39 is 12.7 Å². The molecule has 0 radical (unpaired) electrons. The second-order valence-electron chi connectivity index (χ2n) is 4.20. The molecule has 2 N–H and O–H groups in total. The van der Waals surface area contributed by atoms with Gasteiger partial charge in [-0.1, -0.05) is 13.3 Å². The summed E-state index contributed by atoms with van der Waals surface area (Å²) in [5, 5.41) is 0. The molecule has 0 aromatic heterocycles. The van der Waals surface area contributed by atoms with Crippen molar-refractivity contribution < 1.29 is 13.2 Å². The number of halogens is 3. The molecule has 15 heavy (non-hydrogen) atoms. The van der Waals surface area contributed by atoms with E-state index in [4.69, 9.17) is 5.73 Å². The third-order valence-corrected chi connectivity index (χ3v) is 2.74. The molecule has 2 nitrogen and oxygen atoms in total. The topological polar surface area (TPSA) is 29.3 Å². The first kappa shape index (κ1) is 12.8. The molecule has 5 heteroatoms. The van der Waals surface area contributed by atoms with Gasteiger partial charge in [-0.3, -0.25) is 4.90 Å². The lowest BCUT2D eigenvalue weighted by atomic mass is 10.1. The van der Waals surface area contributed by atoms with Crippen LogP contribution in [0.2, 0.25) is 0 Å². The average molecular weight is 224 g/mol. The molecule has 0 heterocycles. The highest BCUT2D eigenvalue weighted by molar-refractivity contribution is 4.90. The van der Waals surface area contributed by atoms with Crippen LogP contribution in [0.3, 0.4) is 0 Å². The third kappa shape index (κ3) is 4.38. The minimum Gasteiger partial charge on any atom is -0.329 e. The molecule has 90 valence electrons. The van der Waals surface area contributed by atoms with Crippen LogP contribution in [0.4, 0.5) is 13.2 Å². The Morgan fingerprint density at radius 1 is 1.40 bits per heavy atom. The summed E-state index contributed by atoms with van der Waals surface area (Å²) >= 11 is 0. The van der Waals surface area contributed by atoms with Crippen molar-refractivity contribution in [1.29, 1.82) is 0 Å². The summed E-state index contributed by atoms with van der Waals surface area (Å²) in [5.41, 5.74) is 5.54. The number of nitrogens with zero attached hydrogens (tertiary/aromatic N) is 1. The van der Waals surface area contributed by atoms with Gasteiger partial charge in [0.05, 0.1) is 6.54 Å². The molecule has 1 saturated carbocycles. The first-order valence-corrected chi connectivity index (χ1v) is 5.50. The lowest BCUT2D eigenvalue weighted by molar-refractivity contribution is -0.152. The van der Waals surface area contributed by atoms with Gasteiger partial charge in [0.15, 0.2) is 0 Å². The third-order valence-electron chi connectivity index (χ3n) is 2.74. The van der Waals surface area contributed by atoms with E-state index in [2.05, 4.69) is 0 Å². The lowest BCUT2D eigenvalue weighted by Gasteiger charge is -2.31. The van der Waals surface area contributed by atoms with Crippen molar-refractivity contribution in [3.63, 3.8) is 0 Å². The van der Waals surface area contributed by atoms with Crippen LogP contribution >= 0.6 is 0 Å². The van der Waals surface area contributed by atoms with Gasteiger partial charge in [0.25, 0.3) is 0 Å². The molecule has 0 aromatic rings. The number of rotatable bonds is 6. The van der Waals surface area contributed by atoms with Gasteiger partial charge < -0.3 is 5.73 Å². The summed E-state index contributed by atoms with van der Waals surface area (Å²) in [4.78, 5) is 1.55. The van der Waals surface area contributed by atoms with Crippen LogP contribution in [0, 0.1) is 0 Å². The smallest absolute Gasteiger partial charge is 0.329 e. The zero-order valence-corrected chi connectivity index (χ0v) is 9.06. The van der Waals surface area contributed by atoms with E-state index >= 15 is 0 Å². The maximum Gasteiger partial charge on any atom is 0.401 e. The summed E-state index contributed by atoms with van der Waals surface area (Å²) in [6, 6.07) is 0.0100. The molecule has 1 atom stereocenters. The molecule has 1 aliphatic rings.